The Bertz CT molecular complexity index is 2050. The molecule has 0 amide bonds. The van der Waals surface area contributed by atoms with Crippen molar-refractivity contribution in [3.63, 3.8) is 0 Å². The van der Waals surface area contributed by atoms with E-state index >= 15 is 0 Å². The number of benzene rings is 6. The number of halogens is 1. The molecule has 2 heteroatoms. The first kappa shape index (κ1) is 21.4. The largest absolute Gasteiger partial charge is 0.309 e. The molecule has 0 atom stereocenters. The fourth-order valence-electron chi connectivity index (χ4n) is 7.51. The van der Waals surface area contributed by atoms with Gasteiger partial charge in [0.05, 0.1) is 22.1 Å². The number of fused-ring (bicyclic) bond motifs is 13. The molecule has 1 spiro atoms. The predicted octanol–water partition coefficient (Wildman–Crippen LogP) is 9.78. The molecule has 7 aromatic rings. The van der Waals surface area contributed by atoms with Gasteiger partial charge in [0.1, 0.15) is 0 Å². The molecule has 0 fully saturated rings. The molecule has 39 heavy (non-hydrogen) atoms. The smallest absolute Gasteiger partial charge is 0.0726 e. The Morgan fingerprint density at radius 3 is 1.69 bits per heavy atom. The van der Waals surface area contributed by atoms with Gasteiger partial charge in [-0.1, -0.05) is 115 Å². The summed E-state index contributed by atoms with van der Waals surface area (Å²) in [5.74, 6) is 0. The Morgan fingerprint density at radius 1 is 0.462 bits per heavy atom. The molecular weight excluding hydrogens is 494 g/mol. The van der Waals surface area contributed by atoms with E-state index in [9.17, 15) is 0 Å². The van der Waals surface area contributed by atoms with Gasteiger partial charge in [-0.15, -0.1) is 0 Å². The lowest BCUT2D eigenvalue weighted by Crippen LogP contribution is -2.25. The van der Waals surface area contributed by atoms with Gasteiger partial charge >= 0.3 is 0 Å². The summed E-state index contributed by atoms with van der Waals surface area (Å²) in [6.45, 7) is 0. The van der Waals surface area contributed by atoms with Gasteiger partial charge in [0.25, 0.3) is 0 Å². The Balaban J connectivity index is 1.49. The van der Waals surface area contributed by atoms with E-state index in [-0.39, 0.29) is 0 Å². The van der Waals surface area contributed by atoms with E-state index in [1.54, 1.807) is 0 Å². The maximum absolute atomic E-state index is 6.77. The van der Waals surface area contributed by atoms with Gasteiger partial charge in [-0.3, -0.25) is 0 Å². The van der Waals surface area contributed by atoms with E-state index in [4.69, 9.17) is 11.6 Å². The van der Waals surface area contributed by atoms with Crippen LogP contribution in [-0.4, -0.2) is 4.57 Å². The Morgan fingerprint density at radius 2 is 1.03 bits per heavy atom. The van der Waals surface area contributed by atoms with Crippen LogP contribution in [0.1, 0.15) is 22.3 Å². The van der Waals surface area contributed by atoms with Gasteiger partial charge in [0, 0.05) is 21.4 Å². The van der Waals surface area contributed by atoms with Crippen molar-refractivity contribution in [2.45, 2.75) is 5.41 Å². The summed E-state index contributed by atoms with van der Waals surface area (Å²) in [6, 6.07) is 48.6. The van der Waals surface area contributed by atoms with Crippen molar-refractivity contribution in [1.82, 2.24) is 4.57 Å². The number of aromatic nitrogens is 1. The second-order valence-corrected chi connectivity index (χ2v) is 11.0. The summed E-state index contributed by atoms with van der Waals surface area (Å²) >= 11 is 6.77. The second-order valence-electron chi connectivity index (χ2n) is 10.6. The van der Waals surface area contributed by atoms with Crippen LogP contribution in [0.2, 0.25) is 5.02 Å². The lowest BCUT2D eigenvalue weighted by molar-refractivity contribution is 0.793. The average Bonchev–Trinajstić information content (AvgIpc) is 3.59. The molecule has 9 rings (SSSR count). The Kier molecular flexibility index (Phi) is 4.11. The maximum atomic E-state index is 6.77. The third kappa shape index (κ3) is 2.52. The van der Waals surface area contributed by atoms with Gasteiger partial charge in [0.15, 0.2) is 0 Å². The summed E-state index contributed by atoms with van der Waals surface area (Å²) in [6.07, 6.45) is 0. The molecule has 0 bridgehead atoms. The summed E-state index contributed by atoms with van der Waals surface area (Å²) in [4.78, 5) is 0. The van der Waals surface area contributed by atoms with Gasteiger partial charge in [-0.2, -0.15) is 0 Å². The molecule has 0 saturated carbocycles. The molecule has 1 heterocycles. The molecule has 1 aromatic heterocycles. The average molecular weight is 516 g/mol. The molecule has 0 aliphatic heterocycles. The lowest BCUT2D eigenvalue weighted by atomic mass is 9.70. The van der Waals surface area contributed by atoms with Crippen LogP contribution in [0, 0.1) is 0 Å². The molecule has 6 aromatic carbocycles. The van der Waals surface area contributed by atoms with Crippen LogP contribution < -0.4 is 0 Å². The monoisotopic (exact) mass is 515 g/mol. The molecular formula is C37H22ClN. The van der Waals surface area contributed by atoms with E-state index in [1.165, 1.54) is 72.0 Å². The first-order chi connectivity index (χ1) is 19.3. The minimum absolute atomic E-state index is 0.419. The van der Waals surface area contributed by atoms with Gasteiger partial charge in [-0.05, 0) is 69.3 Å². The number of nitrogens with zero attached hydrogens (tertiary/aromatic N) is 1. The maximum Gasteiger partial charge on any atom is 0.0726 e. The van der Waals surface area contributed by atoms with Gasteiger partial charge < -0.3 is 4.57 Å². The minimum Gasteiger partial charge on any atom is -0.309 e. The van der Waals surface area contributed by atoms with E-state index < -0.39 is 5.41 Å². The van der Waals surface area contributed by atoms with E-state index in [0.717, 1.165) is 5.02 Å². The molecule has 2 aliphatic carbocycles. The molecule has 1 nitrogen and oxygen atoms in total. The fraction of sp³-hybridized carbons (Fsp3) is 0.0270. The molecule has 0 N–H and O–H groups in total. The quantitative estimate of drug-likeness (QED) is 0.205. The topological polar surface area (TPSA) is 4.93 Å². The zero-order chi connectivity index (χ0) is 25.7. The van der Waals surface area contributed by atoms with Crippen LogP contribution in [0.25, 0.3) is 49.7 Å². The minimum atomic E-state index is -0.419. The molecule has 0 radical (unpaired) electrons. The second kappa shape index (κ2) is 7.50. The highest BCUT2D eigenvalue weighted by Crippen LogP contribution is 2.64. The van der Waals surface area contributed by atoms with Crippen LogP contribution in [0.5, 0.6) is 0 Å². The number of hydrogen-bond acceptors (Lipinski definition) is 0. The Labute approximate surface area is 231 Å². The van der Waals surface area contributed by atoms with Crippen molar-refractivity contribution in [2.75, 3.05) is 0 Å². The summed E-state index contributed by atoms with van der Waals surface area (Å²) in [5.41, 5.74) is 13.6. The van der Waals surface area contributed by atoms with E-state index in [1.807, 2.05) is 6.07 Å². The third-order valence-corrected chi connectivity index (χ3v) is 9.11. The van der Waals surface area contributed by atoms with Crippen LogP contribution in [0.15, 0.2) is 133 Å². The van der Waals surface area contributed by atoms with Crippen LogP contribution in [0.3, 0.4) is 0 Å². The highest BCUT2D eigenvalue weighted by molar-refractivity contribution is 6.31. The van der Waals surface area contributed by atoms with Crippen LogP contribution in [0.4, 0.5) is 0 Å². The van der Waals surface area contributed by atoms with Crippen molar-refractivity contribution in [3.05, 3.63) is 161 Å². The van der Waals surface area contributed by atoms with Crippen molar-refractivity contribution < 1.29 is 0 Å². The summed E-state index contributed by atoms with van der Waals surface area (Å²) in [5, 5.41) is 3.30. The van der Waals surface area contributed by atoms with Crippen molar-refractivity contribution >= 4 is 33.4 Å². The number of hydrogen-bond donors (Lipinski definition) is 0. The zero-order valence-corrected chi connectivity index (χ0v) is 21.8. The number of rotatable bonds is 1. The lowest BCUT2D eigenvalue weighted by Gasteiger charge is -2.30. The van der Waals surface area contributed by atoms with Crippen molar-refractivity contribution in [1.29, 1.82) is 0 Å². The van der Waals surface area contributed by atoms with Crippen LogP contribution in [-0.2, 0) is 5.41 Å². The van der Waals surface area contributed by atoms with E-state index in [0.29, 0.717) is 0 Å². The van der Waals surface area contributed by atoms with E-state index in [2.05, 4.69) is 132 Å². The summed E-state index contributed by atoms with van der Waals surface area (Å²) < 4.78 is 2.45. The Hall–Kier alpha value is -4.59. The first-order valence-corrected chi connectivity index (χ1v) is 13.8. The molecule has 182 valence electrons. The third-order valence-electron chi connectivity index (χ3n) is 8.87. The highest BCUT2D eigenvalue weighted by Gasteiger charge is 2.52. The fourth-order valence-corrected chi connectivity index (χ4v) is 7.68. The van der Waals surface area contributed by atoms with Crippen molar-refractivity contribution in [3.8, 4) is 27.9 Å². The standard InChI is InChI=1S/C37H22ClN/c38-23-20-21-28-32(22-23)37(29-14-5-1-10-24(29)25-11-2-6-15-30(25)37)31-16-9-19-35(36(28)31)39-33-17-7-3-12-26(33)27-13-4-8-18-34(27)39/h1-22H. The molecule has 0 saturated heterocycles. The van der Waals surface area contributed by atoms with Crippen molar-refractivity contribution in [2.24, 2.45) is 0 Å². The van der Waals surface area contributed by atoms with Gasteiger partial charge in [0.2, 0.25) is 0 Å². The molecule has 0 unspecified atom stereocenters. The molecule has 2 aliphatic rings. The number of para-hydroxylation sites is 2. The zero-order valence-electron chi connectivity index (χ0n) is 21.0. The SMILES string of the molecule is Clc1ccc2c(c1)C1(c3ccccc3-c3ccccc31)c1cccc(-n3c4ccccc4c4ccccc43)c1-2. The normalized spacial score (nSPS) is 14.0. The van der Waals surface area contributed by atoms with Crippen LogP contribution >= 0.6 is 11.6 Å². The first-order valence-electron chi connectivity index (χ1n) is 13.4. The highest BCUT2D eigenvalue weighted by atomic mass is 35.5. The predicted molar refractivity (Wildman–Crippen MR) is 162 cm³/mol. The van der Waals surface area contributed by atoms with Gasteiger partial charge in [-0.25, -0.2) is 0 Å². The summed E-state index contributed by atoms with van der Waals surface area (Å²) in [7, 11) is 0.